The molecule has 4 rings (SSSR count). The Kier molecular flexibility index (Phi) is 4.04. The van der Waals surface area contributed by atoms with Crippen molar-refractivity contribution < 1.29 is 9.59 Å². The summed E-state index contributed by atoms with van der Waals surface area (Å²) in [5.74, 6) is 5.80. The summed E-state index contributed by atoms with van der Waals surface area (Å²) < 4.78 is 0. The lowest BCUT2D eigenvalue weighted by molar-refractivity contribution is -0.131. The minimum absolute atomic E-state index is 0.128. The molecule has 0 saturated carbocycles. The first kappa shape index (κ1) is 16.8. The maximum absolute atomic E-state index is 12.3. The molecule has 1 atom stereocenters. The highest BCUT2D eigenvalue weighted by Crippen LogP contribution is 2.45. The summed E-state index contributed by atoms with van der Waals surface area (Å²) in [5, 5.41) is 3.10. The summed E-state index contributed by atoms with van der Waals surface area (Å²) in [6.07, 6.45) is 6.64. The lowest BCUT2D eigenvalue weighted by atomic mass is 9.76. The van der Waals surface area contributed by atoms with Crippen molar-refractivity contribution in [3.63, 3.8) is 0 Å². The van der Waals surface area contributed by atoms with Gasteiger partial charge in [0.15, 0.2) is 0 Å². The third kappa shape index (κ3) is 2.69. The highest BCUT2D eigenvalue weighted by atomic mass is 32.1. The molecule has 26 heavy (non-hydrogen) atoms. The van der Waals surface area contributed by atoms with Crippen LogP contribution in [0.2, 0.25) is 0 Å². The summed E-state index contributed by atoms with van der Waals surface area (Å²) >= 11 is 1.72. The maximum Gasteiger partial charge on any atom is 0.324 e. The molecule has 1 spiro atoms. The first-order valence-electron chi connectivity index (χ1n) is 8.62. The largest absolute Gasteiger partial charge is 0.328 e. The van der Waals surface area contributed by atoms with Gasteiger partial charge in [0.05, 0.1) is 12.0 Å². The van der Waals surface area contributed by atoms with Crippen LogP contribution < -0.4 is 5.32 Å². The van der Waals surface area contributed by atoms with E-state index in [0.717, 1.165) is 40.8 Å². The number of thiophene rings is 1. The minimum atomic E-state index is -0.572. The van der Waals surface area contributed by atoms with Crippen molar-refractivity contribution >= 4 is 23.3 Å². The standard InChI is InChI=1S/C20H19N3O2S/c1-3-5-13-8-14(12-21-11-13)17-9-15-16(26-17)6-4-7-20(15)10-18(24)23(2)19(25)22-20/h8-9,11-12H,4,6-7,10H2,1-2H3,(H,22,25)/t20-/m0/s1. The number of rotatable bonds is 1. The van der Waals surface area contributed by atoms with Crippen molar-refractivity contribution in [2.75, 3.05) is 7.05 Å². The zero-order valence-corrected chi connectivity index (χ0v) is 15.6. The van der Waals surface area contributed by atoms with Crippen LogP contribution in [0.15, 0.2) is 24.5 Å². The molecule has 1 fully saturated rings. The lowest BCUT2D eigenvalue weighted by Crippen LogP contribution is -2.59. The van der Waals surface area contributed by atoms with E-state index < -0.39 is 5.54 Å². The molecule has 2 aromatic rings. The van der Waals surface area contributed by atoms with Crippen molar-refractivity contribution in [3.05, 3.63) is 40.5 Å². The number of urea groups is 1. The first-order valence-corrected chi connectivity index (χ1v) is 9.44. The molecule has 5 nitrogen and oxygen atoms in total. The molecule has 3 heterocycles. The molecule has 1 saturated heterocycles. The van der Waals surface area contributed by atoms with Gasteiger partial charge < -0.3 is 5.32 Å². The predicted octanol–water partition coefficient (Wildman–Crippen LogP) is 3.28. The minimum Gasteiger partial charge on any atom is -0.328 e. The van der Waals surface area contributed by atoms with Crippen molar-refractivity contribution in [2.24, 2.45) is 0 Å². The van der Waals surface area contributed by atoms with Crippen LogP contribution in [0.3, 0.4) is 0 Å². The Hall–Kier alpha value is -2.65. The molecule has 0 radical (unpaired) electrons. The van der Waals surface area contributed by atoms with Crippen LogP contribution in [0.1, 0.15) is 42.2 Å². The fraction of sp³-hybridized carbons (Fsp3) is 0.350. The van der Waals surface area contributed by atoms with Crippen LogP contribution in [-0.4, -0.2) is 28.9 Å². The Balaban J connectivity index is 1.77. The van der Waals surface area contributed by atoms with E-state index in [1.165, 1.54) is 16.8 Å². The number of carbonyl (C=O) groups is 2. The van der Waals surface area contributed by atoms with Gasteiger partial charge in [-0.1, -0.05) is 5.92 Å². The molecule has 0 unspecified atom stereocenters. The SMILES string of the molecule is CC#Cc1cncc(-c2cc3c(s2)CCC[C@]32CC(=O)N(C)C(=O)N2)c1. The number of nitrogens with one attached hydrogen (secondary N) is 1. The second kappa shape index (κ2) is 6.26. The molecule has 0 aromatic carbocycles. The normalized spacial score (nSPS) is 21.8. The van der Waals surface area contributed by atoms with Crippen molar-refractivity contribution in [2.45, 2.75) is 38.1 Å². The van der Waals surface area contributed by atoms with E-state index >= 15 is 0 Å². The van der Waals surface area contributed by atoms with Crippen LogP contribution in [0.25, 0.3) is 10.4 Å². The van der Waals surface area contributed by atoms with Crippen molar-refractivity contribution in [1.29, 1.82) is 0 Å². The fourth-order valence-electron chi connectivity index (χ4n) is 3.77. The van der Waals surface area contributed by atoms with Gasteiger partial charge in [-0.3, -0.25) is 14.7 Å². The zero-order chi connectivity index (χ0) is 18.3. The van der Waals surface area contributed by atoms with E-state index in [9.17, 15) is 9.59 Å². The quantitative estimate of drug-likeness (QED) is 0.789. The van der Waals surface area contributed by atoms with Gasteiger partial charge in [0.2, 0.25) is 5.91 Å². The molecule has 3 amide bonds. The van der Waals surface area contributed by atoms with Crippen LogP contribution in [-0.2, 0) is 16.8 Å². The van der Waals surface area contributed by atoms with Gasteiger partial charge in [-0.25, -0.2) is 4.79 Å². The molecule has 6 heteroatoms. The Morgan fingerprint density at radius 1 is 1.31 bits per heavy atom. The number of hydrogen-bond donors (Lipinski definition) is 1. The second-order valence-corrected chi connectivity index (χ2v) is 7.92. The number of aryl methyl sites for hydroxylation is 1. The number of aromatic nitrogens is 1. The second-order valence-electron chi connectivity index (χ2n) is 6.78. The topological polar surface area (TPSA) is 62.3 Å². The van der Waals surface area contributed by atoms with Gasteiger partial charge in [-0.05, 0) is 43.9 Å². The van der Waals surface area contributed by atoms with Crippen LogP contribution in [0.4, 0.5) is 4.79 Å². The molecule has 132 valence electrons. The van der Waals surface area contributed by atoms with Gasteiger partial charge in [0, 0.05) is 40.3 Å². The smallest absolute Gasteiger partial charge is 0.324 e. The van der Waals surface area contributed by atoms with Gasteiger partial charge in [-0.15, -0.1) is 17.3 Å². The fourth-order valence-corrected chi connectivity index (χ4v) is 5.05. The average molecular weight is 365 g/mol. The zero-order valence-electron chi connectivity index (χ0n) is 14.8. The summed E-state index contributed by atoms with van der Waals surface area (Å²) in [6, 6.07) is 3.84. The number of imide groups is 1. The van der Waals surface area contributed by atoms with Crippen LogP contribution in [0.5, 0.6) is 0 Å². The predicted molar refractivity (Wildman–Crippen MR) is 101 cm³/mol. The molecular formula is C20H19N3O2S. The van der Waals surface area contributed by atoms with Crippen molar-refractivity contribution in [3.8, 4) is 22.3 Å². The Morgan fingerprint density at radius 2 is 2.15 bits per heavy atom. The van der Waals surface area contributed by atoms with E-state index in [4.69, 9.17) is 0 Å². The molecule has 1 N–H and O–H groups in total. The highest BCUT2D eigenvalue weighted by Gasteiger charge is 2.46. The molecular weight excluding hydrogens is 346 g/mol. The number of amides is 3. The van der Waals surface area contributed by atoms with Gasteiger partial charge >= 0.3 is 6.03 Å². The van der Waals surface area contributed by atoms with Gasteiger partial charge in [0.1, 0.15) is 0 Å². The molecule has 2 aromatic heterocycles. The number of nitrogens with zero attached hydrogens (tertiary/aromatic N) is 2. The van der Waals surface area contributed by atoms with E-state index in [2.05, 4.69) is 28.2 Å². The van der Waals surface area contributed by atoms with Gasteiger partial charge in [0.25, 0.3) is 0 Å². The average Bonchev–Trinajstić information content (AvgIpc) is 3.06. The summed E-state index contributed by atoms with van der Waals surface area (Å²) in [6.45, 7) is 1.81. The Morgan fingerprint density at radius 3 is 2.92 bits per heavy atom. The Bertz CT molecular complexity index is 949. The third-order valence-electron chi connectivity index (χ3n) is 5.10. The van der Waals surface area contributed by atoms with E-state index in [1.54, 1.807) is 24.5 Å². The molecule has 1 aliphatic heterocycles. The van der Waals surface area contributed by atoms with Gasteiger partial charge in [-0.2, -0.15) is 0 Å². The number of carbonyl (C=O) groups excluding carboxylic acids is 2. The summed E-state index contributed by atoms with van der Waals surface area (Å²) in [4.78, 5) is 32.4. The van der Waals surface area contributed by atoms with Crippen molar-refractivity contribution in [1.82, 2.24) is 15.2 Å². The lowest BCUT2D eigenvalue weighted by Gasteiger charge is -2.42. The maximum atomic E-state index is 12.3. The van der Waals surface area contributed by atoms with Crippen LogP contribution >= 0.6 is 11.3 Å². The van der Waals surface area contributed by atoms with Crippen LogP contribution in [0, 0.1) is 11.8 Å². The highest BCUT2D eigenvalue weighted by molar-refractivity contribution is 7.15. The monoisotopic (exact) mass is 365 g/mol. The molecule has 2 aliphatic rings. The third-order valence-corrected chi connectivity index (χ3v) is 6.35. The summed E-state index contributed by atoms with van der Waals surface area (Å²) in [7, 11) is 1.53. The van der Waals surface area contributed by atoms with E-state index in [1.807, 2.05) is 12.3 Å². The number of fused-ring (bicyclic) bond motifs is 2. The summed E-state index contributed by atoms with van der Waals surface area (Å²) in [5.41, 5.74) is 2.42. The number of pyridine rings is 1. The number of hydrogen-bond acceptors (Lipinski definition) is 4. The first-order chi connectivity index (χ1) is 12.5. The molecule has 0 bridgehead atoms. The Labute approximate surface area is 156 Å². The van der Waals surface area contributed by atoms with E-state index in [-0.39, 0.29) is 11.9 Å². The molecule has 1 aliphatic carbocycles. The van der Waals surface area contributed by atoms with E-state index in [0.29, 0.717) is 6.42 Å².